The fourth-order valence-corrected chi connectivity index (χ4v) is 3.71. The summed E-state index contributed by atoms with van der Waals surface area (Å²) < 4.78 is 0.984. The molecular formula is C19H21BrN2O2S. The molecule has 1 atom stereocenters. The maximum atomic E-state index is 12.5. The number of aryl methyl sites for hydroxylation is 1. The van der Waals surface area contributed by atoms with Crippen molar-refractivity contribution in [1.82, 2.24) is 10.6 Å². The molecule has 0 aromatic heterocycles. The molecule has 0 bridgehead atoms. The van der Waals surface area contributed by atoms with Gasteiger partial charge in [0.25, 0.3) is 0 Å². The lowest BCUT2D eigenvalue weighted by atomic mass is 10.1. The maximum Gasteiger partial charge on any atom is 0.243 e. The van der Waals surface area contributed by atoms with Crippen molar-refractivity contribution in [2.75, 3.05) is 5.75 Å². The van der Waals surface area contributed by atoms with Crippen molar-refractivity contribution in [3.63, 3.8) is 0 Å². The highest BCUT2D eigenvalue weighted by molar-refractivity contribution is 9.10. The van der Waals surface area contributed by atoms with Crippen molar-refractivity contribution in [3.05, 3.63) is 64.1 Å². The average Bonchev–Trinajstić information content (AvgIpc) is 2.57. The van der Waals surface area contributed by atoms with Gasteiger partial charge in [0, 0.05) is 28.6 Å². The molecular weight excluding hydrogens is 400 g/mol. The van der Waals surface area contributed by atoms with Gasteiger partial charge in [-0.05, 0) is 30.7 Å². The smallest absolute Gasteiger partial charge is 0.243 e. The van der Waals surface area contributed by atoms with Gasteiger partial charge in [0.2, 0.25) is 11.8 Å². The molecule has 25 heavy (non-hydrogen) atoms. The summed E-state index contributed by atoms with van der Waals surface area (Å²) in [6.45, 7) is 3.88. The van der Waals surface area contributed by atoms with E-state index in [1.165, 1.54) is 24.2 Å². The fourth-order valence-electron chi connectivity index (χ4n) is 2.18. The standard InChI is InChI=1S/C19H21BrN2O2S/c1-13-6-8-15(9-7-13)11-21-19(24)18(22-14(2)23)12-25-17-5-3-4-16(20)10-17/h3-10,18H,11-12H2,1-2H3,(H,21,24)(H,22,23). The van der Waals surface area contributed by atoms with Crippen LogP contribution in [0.15, 0.2) is 57.9 Å². The molecule has 0 fully saturated rings. The zero-order chi connectivity index (χ0) is 18.2. The number of thioether (sulfide) groups is 1. The van der Waals surface area contributed by atoms with Crippen LogP contribution in [0.3, 0.4) is 0 Å². The highest BCUT2D eigenvalue weighted by Crippen LogP contribution is 2.22. The molecule has 0 aliphatic rings. The molecule has 0 aliphatic heterocycles. The monoisotopic (exact) mass is 420 g/mol. The molecule has 0 spiro atoms. The number of hydrogen-bond donors (Lipinski definition) is 2. The lowest BCUT2D eigenvalue weighted by Crippen LogP contribution is -2.47. The predicted octanol–water partition coefficient (Wildman–Crippen LogP) is 3.67. The number of halogens is 1. The lowest BCUT2D eigenvalue weighted by molar-refractivity contribution is -0.127. The molecule has 0 saturated heterocycles. The third-order valence-corrected chi connectivity index (χ3v) is 5.07. The molecule has 0 saturated carbocycles. The second-order valence-corrected chi connectivity index (χ2v) is 7.73. The van der Waals surface area contributed by atoms with Gasteiger partial charge < -0.3 is 10.6 Å². The fraction of sp³-hybridized carbons (Fsp3) is 0.263. The number of benzene rings is 2. The SMILES string of the molecule is CC(=O)NC(CSc1cccc(Br)c1)C(=O)NCc1ccc(C)cc1. The van der Waals surface area contributed by atoms with E-state index < -0.39 is 6.04 Å². The Morgan fingerprint density at radius 3 is 2.52 bits per heavy atom. The topological polar surface area (TPSA) is 58.2 Å². The first-order valence-corrected chi connectivity index (χ1v) is 9.70. The van der Waals surface area contributed by atoms with Gasteiger partial charge in [0.1, 0.15) is 6.04 Å². The summed E-state index contributed by atoms with van der Waals surface area (Å²) in [6, 6.07) is 15.3. The highest BCUT2D eigenvalue weighted by Gasteiger charge is 2.19. The summed E-state index contributed by atoms with van der Waals surface area (Å²) >= 11 is 4.96. The van der Waals surface area contributed by atoms with Crippen LogP contribution in [0.2, 0.25) is 0 Å². The Morgan fingerprint density at radius 2 is 1.88 bits per heavy atom. The van der Waals surface area contributed by atoms with Gasteiger partial charge in [-0.15, -0.1) is 11.8 Å². The van der Waals surface area contributed by atoms with E-state index in [-0.39, 0.29) is 11.8 Å². The first-order chi connectivity index (χ1) is 11.9. The molecule has 1 unspecified atom stereocenters. The average molecular weight is 421 g/mol. The van der Waals surface area contributed by atoms with E-state index in [0.29, 0.717) is 12.3 Å². The van der Waals surface area contributed by atoms with Crippen LogP contribution in [-0.4, -0.2) is 23.6 Å². The normalized spacial score (nSPS) is 11.6. The first kappa shape index (κ1) is 19.5. The zero-order valence-corrected chi connectivity index (χ0v) is 16.6. The molecule has 2 aromatic rings. The molecule has 2 N–H and O–H groups in total. The summed E-state index contributed by atoms with van der Waals surface area (Å²) in [5, 5.41) is 5.62. The number of amides is 2. The van der Waals surface area contributed by atoms with E-state index in [1.807, 2.05) is 55.5 Å². The number of carbonyl (C=O) groups excluding carboxylic acids is 2. The maximum absolute atomic E-state index is 12.5. The second kappa shape index (κ2) is 9.63. The van der Waals surface area contributed by atoms with Gasteiger partial charge in [-0.1, -0.05) is 51.8 Å². The Kier molecular flexibility index (Phi) is 7.52. The van der Waals surface area contributed by atoms with Gasteiger partial charge in [0.15, 0.2) is 0 Å². The Hall–Kier alpha value is -1.79. The van der Waals surface area contributed by atoms with Crippen LogP contribution >= 0.6 is 27.7 Å². The van der Waals surface area contributed by atoms with Crippen molar-refractivity contribution in [1.29, 1.82) is 0 Å². The Morgan fingerprint density at radius 1 is 1.16 bits per heavy atom. The Balaban J connectivity index is 1.94. The van der Waals surface area contributed by atoms with Crippen LogP contribution in [0.1, 0.15) is 18.1 Å². The zero-order valence-electron chi connectivity index (χ0n) is 14.2. The molecule has 2 amide bonds. The summed E-state index contributed by atoms with van der Waals surface area (Å²) in [6.07, 6.45) is 0. The molecule has 6 heteroatoms. The van der Waals surface area contributed by atoms with Crippen molar-refractivity contribution in [2.24, 2.45) is 0 Å². The number of nitrogens with one attached hydrogen (secondary N) is 2. The molecule has 2 aromatic carbocycles. The third kappa shape index (κ3) is 6.92. The Labute approximate surface area is 160 Å². The van der Waals surface area contributed by atoms with Crippen LogP contribution in [0.4, 0.5) is 0 Å². The molecule has 132 valence electrons. The lowest BCUT2D eigenvalue weighted by Gasteiger charge is -2.17. The minimum atomic E-state index is -0.577. The van der Waals surface area contributed by atoms with Crippen LogP contribution in [0, 0.1) is 6.92 Å². The van der Waals surface area contributed by atoms with E-state index >= 15 is 0 Å². The predicted molar refractivity (Wildman–Crippen MR) is 105 cm³/mol. The van der Waals surface area contributed by atoms with Crippen molar-refractivity contribution in [3.8, 4) is 0 Å². The highest BCUT2D eigenvalue weighted by atomic mass is 79.9. The summed E-state index contributed by atoms with van der Waals surface area (Å²) in [5.74, 6) is 0.0686. The summed E-state index contributed by atoms with van der Waals surface area (Å²) in [5.41, 5.74) is 2.21. The van der Waals surface area contributed by atoms with Crippen molar-refractivity contribution in [2.45, 2.75) is 31.3 Å². The van der Waals surface area contributed by atoms with E-state index in [4.69, 9.17) is 0 Å². The molecule has 4 nitrogen and oxygen atoms in total. The van der Waals surface area contributed by atoms with E-state index in [1.54, 1.807) is 0 Å². The number of rotatable bonds is 7. The van der Waals surface area contributed by atoms with Crippen LogP contribution < -0.4 is 10.6 Å². The van der Waals surface area contributed by atoms with Crippen LogP contribution in [0.5, 0.6) is 0 Å². The quantitative estimate of drug-likeness (QED) is 0.671. The van der Waals surface area contributed by atoms with Gasteiger partial charge in [0.05, 0.1) is 0 Å². The second-order valence-electron chi connectivity index (χ2n) is 5.72. The van der Waals surface area contributed by atoms with Crippen molar-refractivity contribution >= 4 is 39.5 Å². The van der Waals surface area contributed by atoms with Gasteiger partial charge in [-0.25, -0.2) is 0 Å². The van der Waals surface area contributed by atoms with Gasteiger partial charge in [-0.2, -0.15) is 0 Å². The molecule has 2 rings (SSSR count). The number of hydrogen-bond acceptors (Lipinski definition) is 3. The van der Waals surface area contributed by atoms with E-state index in [0.717, 1.165) is 14.9 Å². The summed E-state index contributed by atoms with van der Waals surface area (Å²) in [4.78, 5) is 24.9. The molecule has 0 aliphatic carbocycles. The van der Waals surface area contributed by atoms with Crippen LogP contribution in [-0.2, 0) is 16.1 Å². The molecule has 0 radical (unpaired) electrons. The first-order valence-electron chi connectivity index (χ1n) is 7.93. The van der Waals surface area contributed by atoms with Crippen molar-refractivity contribution < 1.29 is 9.59 Å². The minimum absolute atomic E-state index is 0.182. The summed E-state index contributed by atoms with van der Waals surface area (Å²) in [7, 11) is 0. The van der Waals surface area contributed by atoms with E-state index in [2.05, 4.69) is 26.6 Å². The third-order valence-electron chi connectivity index (χ3n) is 3.49. The Bertz CT molecular complexity index is 734. The van der Waals surface area contributed by atoms with E-state index in [9.17, 15) is 9.59 Å². The van der Waals surface area contributed by atoms with Gasteiger partial charge >= 0.3 is 0 Å². The largest absolute Gasteiger partial charge is 0.350 e. The number of carbonyl (C=O) groups is 2. The molecule has 0 heterocycles. The van der Waals surface area contributed by atoms with Crippen LogP contribution in [0.25, 0.3) is 0 Å². The minimum Gasteiger partial charge on any atom is -0.350 e. The van der Waals surface area contributed by atoms with Gasteiger partial charge in [-0.3, -0.25) is 9.59 Å².